The van der Waals surface area contributed by atoms with Crippen LogP contribution in [0.3, 0.4) is 0 Å². The van der Waals surface area contributed by atoms with Crippen molar-refractivity contribution in [2.24, 2.45) is 10.4 Å². The molecule has 2 aliphatic rings. The van der Waals surface area contributed by atoms with Crippen LogP contribution in [-0.4, -0.2) is 28.5 Å². The fraction of sp³-hybridized carbons (Fsp3) is 0.833. The van der Waals surface area contributed by atoms with Crippen LogP contribution in [0.25, 0.3) is 0 Å². The molecule has 84 valence electrons. The Balaban J connectivity index is 2.23. The molecule has 1 fully saturated rings. The van der Waals surface area contributed by atoms with Crippen LogP contribution < -0.4 is 0 Å². The van der Waals surface area contributed by atoms with E-state index in [4.69, 9.17) is 4.99 Å². The third kappa shape index (κ3) is 2.27. The van der Waals surface area contributed by atoms with Gasteiger partial charge in [-0.15, -0.1) is 11.8 Å². The van der Waals surface area contributed by atoms with Crippen LogP contribution in [0.2, 0.25) is 0 Å². The average molecular weight is 225 g/mol. The van der Waals surface area contributed by atoms with Crippen molar-refractivity contribution in [2.75, 3.05) is 5.75 Å². The van der Waals surface area contributed by atoms with E-state index in [1.54, 1.807) is 0 Å². The van der Waals surface area contributed by atoms with E-state index in [2.05, 4.69) is 20.8 Å². The van der Waals surface area contributed by atoms with Crippen molar-refractivity contribution in [3.63, 3.8) is 0 Å². The number of fused-ring (bicyclic) bond motifs is 1. The van der Waals surface area contributed by atoms with E-state index in [1.165, 1.54) is 5.71 Å². The Morgan fingerprint density at radius 1 is 1.47 bits per heavy atom. The first-order valence-electron chi connectivity index (χ1n) is 5.73. The fourth-order valence-corrected chi connectivity index (χ4v) is 3.72. The maximum absolute atomic E-state index is 11.9. The minimum Gasteiger partial charge on any atom is -0.298 e. The molecular weight excluding hydrogens is 206 g/mol. The van der Waals surface area contributed by atoms with Crippen molar-refractivity contribution in [2.45, 2.75) is 51.3 Å². The van der Waals surface area contributed by atoms with Gasteiger partial charge in [0.1, 0.15) is 5.25 Å². The lowest BCUT2D eigenvalue weighted by Crippen LogP contribution is -2.43. The molecule has 2 unspecified atom stereocenters. The zero-order valence-corrected chi connectivity index (χ0v) is 10.6. The van der Waals surface area contributed by atoms with E-state index >= 15 is 0 Å². The van der Waals surface area contributed by atoms with Crippen molar-refractivity contribution in [1.82, 2.24) is 0 Å². The molecule has 0 bridgehead atoms. The Morgan fingerprint density at radius 2 is 2.20 bits per heavy atom. The van der Waals surface area contributed by atoms with E-state index in [-0.39, 0.29) is 10.7 Å². The molecule has 0 aromatic carbocycles. The van der Waals surface area contributed by atoms with Crippen molar-refractivity contribution in [3.05, 3.63) is 0 Å². The maximum atomic E-state index is 11.9. The highest BCUT2D eigenvalue weighted by atomic mass is 32.2. The number of rotatable bonds is 1. The van der Waals surface area contributed by atoms with Gasteiger partial charge in [0.25, 0.3) is 0 Å². The number of carbonyl (C=O) groups is 1. The van der Waals surface area contributed by atoms with E-state index < -0.39 is 0 Å². The summed E-state index contributed by atoms with van der Waals surface area (Å²) in [7, 11) is 0. The standard InChI is InChI=1S/C12H19NOS/c1-4-8-7-15-11-9(13-8)5-12(2,3)6-10(11)14/h8,11H,4-7H2,1-3H3. The van der Waals surface area contributed by atoms with Gasteiger partial charge in [-0.05, 0) is 18.3 Å². The summed E-state index contributed by atoms with van der Waals surface area (Å²) in [4.78, 5) is 16.7. The van der Waals surface area contributed by atoms with Crippen molar-refractivity contribution < 1.29 is 4.79 Å². The van der Waals surface area contributed by atoms with Crippen molar-refractivity contribution in [3.8, 4) is 0 Å². The summed E-state index contributed by atoms with van der Waals surface area (Å²) in [6, 6.07) is 0.447. The summed E-state index contributed by atoms with van der Waals surface area (Å²) < 4.78 is 0. The number of hydrogen-bond donors (Lipinski definition) is 0. The molecule has 0 N–H and O–H groups in total. The Hall–Kier alpha value is -0.310. The molecule has 3 heteroatoms. The zero-order valence-electron chi connectivity index (χ0n) is 9.75. The first-order chi connectivity index (χ1) is 7.02. The predicted octanol–water partition coefficient (Wildman–Crippen LogP) is 2.71. The Labute approximate surface area is 95.9 Å². The first-order valence-corrected chi connectivity index (χ1v) is 6.77. The van der Waals surface area contributed by atoms with Gasteiger partial charge in [0.15, 0.2) is 5.78 Å². The van der Waals surface area contributed by atoms with Crippen LogP contribution in [0, 0.1) is 5.41 Å². The van der Waals surface area contributed by atoms with Crippen molar-refractivity contribution >= 4 is 23.3 Å². The van der Waals surface area contributed by atoms with Gasteiger partial charge in [-0.2, -0.15) is 0 Å². The summed E-state index contributed by atoms with van der Waals surface area (Å²) in [6.45, 7) is 6.51. The molecule has 0 aromatic heterocycles. The minimum absolute atomic E-state index is 0.0980. The van der Waals surface area contributed by atoms with E-state index in [1.807, 2.05) is 11.8 Å². The molecule has 0 spiro atoms. The van der Waals surface area contributed by atoms with Crippen LogP contribution in [-0.2, 0) is 4.79 Å². The largest absolute Gasteiger partial charge is 0.298 e. The molecule has 0 aromatic rings. The molecular formula is C12H19NOS. The van der Waals surface area contributed by atoms with E-state index in [0.29, 0.717) is 11.8 Å². The summed E-state index contributed by atoms with van der Waals surface area (Å²) in [5, 5.41) is 0.0980. The van der Waals surface area contributed by atoms with Crippen LogP contribution in [0.15, 0.2) is 4.99 Å². The van der Waals surface area contributed by atoms with E-state index in [9.17, 15) is 4.79 Å². The number of thioether (sulfide) groups is 1. The summed E-state index contributed by atoms with van der Waals surface area (Å²) in [6.07, 6.45) is 2.82. The third-order valence-electron chi connectivity index (χ3n) is 3.18. The first kappa shape index (κ1) is 11.2. The lowest BCUT2D eigenvalue weighted by Gasteiger charge is -2.37. The van der Waals surface area contributed by atoms with Gasteiger partial charge in [0.2, 0.25) is 0 Å². The minimum atomic E-state index is 0.0980. The van der Waals surface area contributed by atoms with Crippen LogP contribution in [0.4, 0.5) is 0 Å². The van der Waals surface area contributed by atoms with Gasteiger partial charge in [-0.25, -0.2) is 0 Å². The SMILES string of the molecule is CCC1CSC2C(=O)CC(C)(C)CC2=N1. The zero-order chi connectivity index (χ0) is 11.1. The molecule has 0 radical (unpaired) electrons. The van der Waals surface area contributed by atoms with Gasteiger partial charge in [0, 0.05) is 17.9 Å². The molecule has 1 aliphatic carbocycles. The van der Waals surface area contributed by atoms with Gasteiger partial charge in [-0.1, -0.05) is 20.8 Å². The highest BCUT2D eigenvalue weighted by Gasteiger charge is 2.40. The molecule has 0 amide bonds. The Kier molecular flexibility index (Phi) is 2.93. The second-order valence-corrected chi connectivity index (χ2v) is 6.52. The quantitative estimate of drug-likeness (QED) is 0.686. The normalized spacial score (nSPS) is 34.6. The number of hydrogen-bond acceptors (Lipinski definition) is 3. The smallest absolute Gasteiger partial charge is 0.152 e. The molecule has 2 nitrogen and oxygen atoms in total. The predicted molar refractivity (Wildman–Crippen MR) is 65.8 cm³/mol. The number of nitrogens with zero attached hydrogens (tertiary/aromatic N) is 1. The summed E-state index contributed by atoms with van der Waals surface area (Å²) in [5.74, 6) is 1.42. The van der Waals surface area contributed by atoms with Gasteiger partial charge in [0.05, 0.1) is 6.04 Å². The molecule has 15 heavy (non-hydrogen) atoms. The van der Waals surface area contributed by atoms with Crippen LogP contribution >= 0.6 is 11.8 Å². The third-order valence-corrected chi connectivity index (χ3v) is 4.63. The van der Waals surface area contributed by atoms with Crippen LogP contribution in [0.1, 0.15) is 40.0 Å². The highest BCUT2D eigenvalue weighted by Crippen LogP contribution is 2.38. The lowest BCUT2D eigenvalue weighted by atomic mass is 9.75. The second kappa shape index (κ2) is 3.93. The maximum Gasteiger partial charge on any atom is 0.152 e. The summed E-state index contributed by atoms with van der Waals surface area (Å²) in [5.41, 5.74) is 1.29. The number of carbonyl (C=O) groups excluding carboxylic acids is 1. The van der Waals surface area contributed by atoms with Crippen LogP contribution in [0.5, 0.6) is 0 Å². The van der Waals surface area contributed by atoms with Gasteiger partial charge >= 0.3 is 0 Å². The average Bonchev–Trinajstić information content (AvgIpc) is 2.14. The number of Topliss-reactive ketones (excluding diaryl/α,β-unsaturated/α-hetero) is 1. The molecule has 1 saturated carbocycles. The monoisotopic (exact) mass is 225 g/mol. The second-order valence-electron chi connectivity index (χ2n) is 5.38. The Morgan fingerprint density at radius 3 is 2.87 bits per heavy atom. The number of ketones is 1. The van der Waals surface area contributed by atoms with E-state index in [0.717, 1.165) is 25.0 Å². The Bertz CT molecular complexity index is 309. The summed E-state index contributed by atoms with van der Waals surface area (Å²) >= 11 is 1.81. The van der Waals surface area contributed by atoms with Gasteiger partial charge in [-0.3, -0.25) is 9.79 Å². The lowest BCUT2D eigenvalue weighted by molar-refractivity contribution is -0.120. The number of aliphatic imine (C=N–C) groups is 1. The molecule has 2 rings (SSSR count). The highest BCUT2D eigenvalue weighted by molar-refractivity contribution is 8.01. The molecule has 1 aliphatic heterocycles. The fourth-order valence-electron chi connectivity index (χ4n) is 2.39. The molecule has 0 saturated heterocycles. The van der Waals surface area contributed by atoms with Crippen molar-refractivity contribution in [1.29, 1.82) is 0 Å². The molecule has 1 heterocycles. The topological polar surface area (TPSA) is 29.4 Å². The van der Waals surface area contributed by atoms with Gasteiger partial charge < -0.3 is 0 Å². The molecule has 2 atom stereocenters.